The second kappa shape index (κ2) is 10.4. The van der Waals surface area contributed by atoms with E-state index in [2.05, 4.69) is 33.0 Å². The summed E-state index contributed by atoms with van der Waals surface area (Å²) < 4.78 is 0. The molecule has 0 radical (unpaired) electrons. The van der Waals surface area contributed by atoms with E-state index < -0.39 is 0 Å². The zero-order valence-corrected chi connectivity index (χ0v) is 9.02. The van der Waals surface area contributed by atoms with Crippen LogP contribution in [0.4, 0.5) is 0 Å². The van der Waals surface area contributed by atoms with Crippen LogP contribution in [0, 0.1) is 11.3 Å². The number of nitrogens with zero attached hydrogens (tertiary/aromatic N) is 1. The second-order valence-corrected chi connectivity index (χ2v) is 3.14. The molecule has 0 spiro atoms. The number of hydrogen-bond donors (Lipinski definition) is 1. The molecule has 2 nitrogen and oxygen atoms in total. The fourth-order valence-corrected chi connectivity index (χ4v) is 0.687. The van der Waals surface area contributed by atoms with Crippen molar-refractivity contribution in [1.29, 1.82) is 5.26 Å². The molecule has 0 aliphatic heterocycles. The quantitative estimate of drug-likeness (QED) is 0.707. The SMILES string of the molecule is CCC#N.CCC(C)NC(C)C. The molecule has 0 aromatic carbocycles. The molecule has 12 heavy (non-hydrogen) atoms. The van der Waals surface area contributed by atoms with E-state index in [9.17, 15) is 0 Å². The van der Waals surface area contributed by atoms with Crippen LogP contribution in [0.15, 0.2) is 0 Å². The van der Waals surface area contributed by atoms with Crippen molar-refractivity contribution in [3.05, 3.63) is 0 Å². The van der Waals surface area contributed by atoms with Crippen molar-refractivity contribution in [2.24, 2.45) is 0 Å². The van der Waals surface area contributed by atoms with Crippen LogP contribution >= 0.6 is 0 Å². The minimum Gasteiger partial charge on any atom is -0.312 e. The van der Waals surface area contributed by atoms with Crippen LogP contribution in [0.3, 0.4) is 0 Å². The van der Waals surface area contributed by atoms with Crippen LogP contribution in [0.2, 0.25) is 0 Å². The van der Waals surface area contributed by atoms with Gasteiger partial charge < -0.3 is 5.32 Å². The molecule has 0 aromatic heterocycles. The lowest BCUT2D eigenvalue weighted by molar-refractivity contribution is 0.479. The largest absolute Gasteiger partial charge is 0.312 e. The number of rotatable bonds is 3. The second-order valence-electron chi connectivity index (χ2n) is 3.14. The molecule has 2 heteroatoms. The minimum atomic E-state index is 0.625. The van der Waals surface area contributed by atoms with Crippen LogP contribution in [-0.2, 0) is 0 Å². The highest BCUT2D eigenvalue weighted by Gasteiger charge is 1.97. The van der Waals surface area contributed by atoms with Gasteiger partial charge in [-0.25, -0.2) is 0 Å². The Bertz CT molecular complexity index is 113. The molecule has 0 saturated heterocycles. The van der Waals surface area contributed by atoms with Crippen molar-refractivity contribution >= 4 is 0 Å². The van der Waals surface area contributed by atoms with Gasteiger partial charge in [-0.2, -0.15) is 5.26 Å². The van der Waals surface area contributed by atoms with Gasteiger partial charge in [-0.15, -0.1) is 0 Å². The number of nitrogens with one attached hydrogen (secondary N) is 1. The van der Waals surface area contributed by atoms with Crippen LogP contribution in [0.5, 0.6) is 0 Å². The monoisotopic (exact) mass is 170 g/mol. The Morgan fingerprint density at radius 3 is 1.75 bits per heavy atom. The summed E-state index contributed by atoms with van der Waals surface area (Å²) >= 11 is 0. The van der Waals surface area contributed by atoms with Gasteiger partial charge in [0.05, 0.1) is 6.07 Å². The molecule has 0 aliphatic rings. The average molecular weight is 170 g/mol. The van der Waals surface area contributed by atoms with Gasteiger partial charge in [0.2, 0.25) is 0 Å². The smallest absolute Gasteiger partial charge is 0.0618 e. The first-order valence-corrected chi connectivity index (χ1v) is 4.71. The van der Waals surface area contributed by atoms with E-state index in [0.717, 1.165) is 0 Å². The normalized spacial score (nSPS) is 11.4. The van der Waals surface area contributed by atoms with Gasteiger partial charge in [-0.3, -0.25) is 0 Å². The Balaban J connectivity index is 0. The summed E-state index contributed by atoms with van der Waals surface area (Å²) in [7, 11) is 0. The fraction of sp³-hybridized carbons (Fsp3) is 0.900. The lowest BCUT2D eigenvalue weighted by Gasteiger charge is -2.13. The molecule has 0 rings (SSSR count). The molecular weight excluding hydrogens is 148 g/mol. The van der Waals surface area contributed by atoms with Crippen LogP contribution in [0.25, 0.3) is 0 Å². The number of hydrogen-bond acceptors (Lipinski definition) is 2. The van der Waals surface area contributed by atoms with Gasteiger partial charge in [0.25, 0.3) is 0 Å². The highest BCUT2D eigenvalue weighted by Crippen LogP contribution is 1.89. The van der Waals surface area contributed by atoms with Gasteiger partial charge >= 0.3 is 0 Å². The van der Waals surface area contributed by atoms with Gasteiger partial charge in [0.1, 0.15) is 0 Å². The Labute approximate surface area is 77.0 Å². The molecule has 1 atom stereocenters. The van der Waals surface area contributed by atoms with Crippen LogP contribution in [0.1, 0.15) is 47.5 Å². The summed E-state index contributed by atoms with van der Waals surface area (Å²) in [6.07, 6.45) is 1.85. The molecule has 0 bridgehead atoms. The maximum Gasteiger partial charge on any atom is 0.0618 e. The van der Waals surface area contributed by atoms with E-state index in [-0.39, 0.29) is 0 Å². The summed E-state index contributed by atoms with van der Waals surface area (Å²) in [5.74, 6) is 0. The van der Waals surface area contributed by atoms with Gasteiger partial charge in [0, 0.05) is 18.5 Å². The van der Waals surface area contributed by atoms with Crippen molar-refractivity contribution in [3.8, 4) is 6.07 Å². The van der Waals surface area contributed by atoms with E-state index in [1.165, 1.54) is 6.42 Å². The highest BCUT2D eigenvalue weighted by molar-refractivity contribution is 4.62. The molecule has 0 aromatic rings. The molecule has 0 saturated carbocycles. The zero-order valence-electron chi connectivity index (χ0n) is 9.02. The summed E-state index contributed by atoms with van der Waals surface area (Å²) in [5, 5.41) is 11.0. The molecule has 1 unspecified atom stereocenters. The fourth-order valence-electron chi connectivity index (χ4n) is 0.687. The van der Waals surface area contributed by atoms with Crippen molar-refractivity contribution in [2.75, 3.05) is 0 Å². The Hall–Kier alpha value is -0.550. The first kappa shape index (κ1) is 14.0. The summed E-state index contributed by atoms with van der Waals surface area (Å²) in [5.41, 5.74) is 0. The van der Waals surface area contributed by atoms with Crippen LogP contribution < -0.4 is 5.32 Å². The van der Waals surface area contributed by atoms with Gasteiger partial charge in [0.15, 0.2) is 0 Å². The first-order chi connectivity index (χ1) is 5.58. The molecule has 0 heterocycles. The maximum atomic E-state index is 7.62. The zero-order chi connectivity index (χ0) is 9.98. The molecule has 0 aliphatic carbocycles. The minimum absolute atomic E-state index is 0.625. The van der Waals surface area contributed by atoms with Crippen molar-refractivity contribution in [1.82, 2.24) is 5.32 Å². The summed E-state index contributed by atoms with van der Waals surface area (Å²) in [6, 6.07) is 3.24. The predicted molar refractivity (Wildman–Crippen MR) is 53.9 cm³/mol. The van der Waals surface area contributed by atoms with Gasteiger partial charge in [-0.1, -0.05) is 27.7 Å². The van der Waals surface area contributed by atoms with Crippen molar-refractivity contribution < 1.29 is 0 Å². The van der Waals surface area contributed by atoms with Crippen LogP contribution in [-0.4, -0.2) is 12.1 Å². The third-order valence-corrected chi connectivity index (χ3v) is 1.39. The van der Waals surface area contributed by atoms with Crippen molar-refractivity contribution in [3.63, 3.8) is 0 Å². The first-order valence-electron chi connectivity index (χ1n) is 4.71. The Kier molecular flexibility index (Phi) is 12.2. The number of nitriles is 1. The van der Waals surface area contributed by atoms with Gasteiger partial charge in [-0.05, 0) is 13.3 Å². The average Bonchev–Trinajstić information content (AvgIpc) is 2.04. The lowest BCUT2D eigenvalue weighted by atomic mass is 10.2. The predicted octanol–water partition coefficient (Wildman–Crippen LogP) is 2.70. The van der Waals surface area contributed by atoms with E-state index >= 15 is 0 Å². The Morgan fingerprint density at radius 2 is 1.67 bits per heavy atom. The molecule has 72 valence electrons. The lowest BCUT2D eigenvalue weighted by Crippen LogP contribution is -2.31. The maximum absolute atomic E-state index is 7.62. The molecule has 1 N–H and O–H groups in total. The molecule has 0 amide bonds. The van der Waals surface area contributed by atoms with E-state index in [0.29, 0.717) is 18.5 Å². The molecule has 0 fully saturated rings. The highest BCUT2D eigenvalue weighted by atomic mass is 14.9. The molecular formula is C10H22N2. The van der Waals surface area contributed by atoms with Crippen molar-refractivity contribution in [2.45, 2.75) is 59.5 Å². The standard InChI is InChI=1S/C7H17N.C3H5N/c1-5-7(4)8-6(2)3;1-2-3-4/h6-8H,5H2,1-4H3;2H2,1H3. The van der Waals surface area contributed by atoms with E-state index in [1.54, 1.807) is 0 Å². The summed E-state index contributed by atoms with van der Waals surface area (Å²) in [6.45, 7) is 10.6. The summed E-state index contributed by atoms with van der Waals surface area (Å²) in [4.78, 5) is 0. The third kappa shape index (κ3) is 16.2. The topological polar surface area (TPSA) is 35.8 Å². The van der Waals surface area contributed by atoms with E-state index in [4.69, 9.17) is 5.26 Å². The van der Waals surface area contributed by atoms with E-state index in [1.807, 2.05) is 13.0 Å². The third-order valence-electron chi connectivity index (χ3n) is 1.39. The Morgan fingerprint density at radius 1 is 1.25 bits per heavy atom.